The maximum atomic E-state index is 12.2. The van der Waals surface area contributed by atoms with Gasteiger partial charge in [0.1, 0.15) is 0 Å². The zero-order valence-electron chi connectivity index (χ0n) is 13.7. The molecule has 1 saturated heterocycles. The van der Waals surface area contributed by atoms with Crippen molar-refractivity contribution in [2.75, 3.05) is 6.54 Å². The second kappa shape index (κ2) is 7.82. The highest BCUT2D eigenvalue weighted by Crippen LogP contribution is 2.19. The molecule has 0 aromatic heterocycles. The molecular weight excluding hydrogens is 290 g/mol. The summed E-state index contributed by atoms with van der Waals surface area (Å²) in [5.74, 6) is 5.97. The molecule has 1 aliphatic rings. The minimum absolute atomic E-state index is 0.00204. The van der Waals surface area contributed by atoms with Gasteiger partial charge in [0, 0.05) is 18.5 Å². The Labute approximate surface area is 137 Å². The van der Waals surface area contributed by atoms with Gasteiger partial charge in [-0.1, -0.05) is 37.8 Å². The van der Waals surface area contributed by atoms with Crippen molar-refractivity contribution >= 4 is 11.9 Å². The smallest absolute Gasteiger partial charge is 0.307 e. The molecule has 0 bridgehead atoms. The molecule has 1 aliphatic heterocycles. The Kier molecular flexibility index (Phi) is 5.81. The highest BCUT2D eigenvalue weighted by molar-refractivity contribution is 5.77. The third-order valence-corrected chi connectivity index (χ3v) is 3.82. The van der Waals surface area contributed by atoms with Gasteiger partial charge in [0.15, 0.2) is 0 Å². The molecule has 0 aliphatic carbocycles. The summed E-state index contributed by atoms with van der Waals surface area (Å²) in [6.07, 6.45) is 2.46. The van der Waals surface area contributed by atoms with E-state index in [1.807, 2.05) is 30.9 Å². The summed E-state index contributed by atoms with van der Waals surface area (Å²) < 4.78 is 0. The molecule has 0 spiro atoms. The zero-order valence-corrected chi connectivity index (χ0v) is 13.7. The lowest BCUT2D eigenvalue weighted by Crippen LogP contribution is -2.35. The Balaban J connectivity index is 2.08. The fourth-order valence-corrected chi connectivity index (χ4v) is 2.78. The number of aliphatic carboxylic acids is 1. The first kappa shape index (κ1) is 17.1. The van der Waals surface area contributed by atoms with E-state index in [0.29, 0.717) is 12.3 Å². The third-order valence-electron chi connectivity index (χ3n) is 3.82. The van der Waals surface area contributed by atoms with Crippen LogP contribution >= 0.6 is 0 Å². The molecule has 2 rings (SSSR count). The van der Waals surface area contributed by atoms with Crippen molar-refractivity contribution in [3.05, 3.63) is 35.4 Å². The van der Waals surface area contributed by atoms with Crippen LogP contribution < -0.4 is 0 Å². The summed E-state index contributed by atoms with van der Waals surface area (Å²) in [4.78, 5) is 24.9. The molecule has 1 atom stereocenters. The van der Waals surface area contributed by atoms with E-state index >= 15 is 0 Å². The minimum Gasteiger partial charge on any atom is -0.481 e. The molecule has 0 radical (unpaired) electrons. The van der Waals surface area contributed by atoms with Gasteiger partial charge in [-0.05, 0) is 36.5 Å². The molecule has 1 fully saturated rings. The van der Waals surface area contributed by atoms with Gasteiger partial charge in [-0.15, -0.1) is 0 Å². The zero-order chi connectivity index (χ0) is 16.8. The van der Waals surface area contributed by atoms with Gasteiger partial charge >= 0.3 is 5.97 Å². The first-order chi connectivity index (χ1) is 11.0. The Hall–Kier alpha value is -2.28. The first-order valence-corrected chi connectivity index (χ1v) is 8.07. The monoisotopic (exact) mass is 313 g/mol. The summed E-state index contributed by atoms with van der Waals surface area (Å²) in [6, 6.07) is 7.25. The number of benzene rings is 1. The van der Waals surface area contributed by atoms with Gasteiger partial charge in [-0.3, -0.25) is 9.59 Å². The third kappa shape index (κ3) is 5.14. The molecule has 23 heavy (non-hydrogen) atoms. The SMILES string of the molecule is CC(C)CC(=O)N1CCCC1C#Cc1cccc(CC(=O)O)c1. The van der Waals surface area contributed by atoms with E-state index in [2.05, 4.69) is 11.8 Å². The van der Waals surface area contributed by atoms with E-state index in [4.69, 9.17) is 5.11 Å². The molecular formula is C19H23NO3. The second-order valence-corrected chi connectivity index (χ2v) is 6.38. The van der Waals surface area contributed by atoms with E-state index < -0.39 is 5.97 Å². The lowest BCUT2D eigenvalue weighted by molar-refractivity contribution is -0.136. The van der Waals surface area contributed by atoms with Crippen LogP contribution in [0.1, 0.15) is 44.2 Å². The number of carboxylic acid groups (broad SMARTS) is 1. The van der Waals surface area contributed by atoms with Crippen LogP contribution in [-0.4, -0.2) is 34.5 Å². The number of hydrogen-bond acceptors (Lipinski definition) is 2. The van der Waals surface area contributed by atoms with Gasteiger partial charge in [-0.2, -0.15) is 0 Å². The van der Waals surface area contributed by atoms with Crippen molar-refractivity contribution in [3.63, 3.8) is 0 Å². The number of rotatable bonds is 4. The highest BCUT2D eigenvalue weighted by Gasteiger charge is 2.27. The number of carboxylic acids is 1. The fourth-order valence-electron chi connectivity index (χ4n) is 2.78. The predicted octanol–water partition coefficient (Wildman–Crippen LogP) is 2.70. The molecule has 1 aromatic carbocycles. The van der Waals surface area contributed by atoms with Crippen LogP contribution in [0.4, 0.5) is 0 Å². The van der Waals surface area contributed by atoms with Gasteiger partial charge in [-0.25, -0.2) is 0 Å². The van der Waals surface area contributed by atoms with Crippen LogP contribution in [0.5, 0.6) is 0 Å². The molecule has 122 valence electrons. The number of nitrogens with zero attached hydrogens (tertiary/aromatic N) is 1. The molecule has 4 nitrogen and oxygen atoms in total. The first-order valence-electron chi connectivity index (χ1n) is 8.07. The van der Waals surface area contributed by atoms with Crippen LogP contribution in [0.3, 0.4) is 0 Å². The normalized spacial score (nSPS) is 17.0. The number of carbonyl (C=O) groups is 2. The van der Waals surface area contributed by atoms with Crippen LogP contribution in [-0.2, 0) is 16.0 Å². The Morgan fingerprint density at radius 1 is 1.39 bits per heavy atom. The summed E-state index contributed by atoms with van der Waals surface area (Å²) in [5.41, 5.74) is 1.54. The number of likely N-dealkylation sites (tertiary alicyclic amines) is 1. The largest absolute Gasteiger partial charge is 0.481 e. The van der Waals surface area contributed by atoms with Crippen molar-refractivity contribution in [1.82, 2.24) is 4.90 Å². The molecule has 1 N–H and O–H groups in total. The average molecular weight is 313 g/mol. The summed E-state index contributed by atoms with van der Waals surface area (Å²) in [5, 5.41) is 8.85. The molecule has 1 heterocycles. The van der Waals surface area contributed by atoms with E-state index in [1.165, 1.54) is 0 Å². The number of amides is 1. The van der Waals surface area contributed by atoms with Crippen molar-refractivity contribution < 1.29 is 14.7 Å². The van der Waals surface area contributed by atoms with Gasteiger partial charge in [0.2, 0.25) is 5.91 Å². The standard InChI is InChI=1S/C19H23NO3/c1-14(2)11-18(21)20-10-4-7-17(20)9-8-15-5-3-6-16(12-15)13-19(22)23/h3,5-6,12,14,17H,4,7,10-11,13H2,1-2H3,(H,22,23). The Morgan fingerprint density at radius 3 is 2.87 bits per heavy atom. The van der Waals surface area contributed by atoms with Crippen LogP contribution in [0.2, 0.25) is 0 Å². The van der Waals surface area contributed by atoms with Crippen molar-refractivity contribution in [1.29, 1.82) is 0 Å². The predicted molar refractivity (Wildman–Crippen MR) is 88.8 cm³/mol. The van der Waals surface area contributed by atoms with Gasteiger partial charge in [0.05, 0.1) is 12.5 Å². The molecule has 1 unspecified atom stereocenters. The van der Waals surface area contributed by atoms with E-state index in [0.717, 1.165) is 30.5 Å². The van der Waals surface area contributed by atoms with Gasteiger partial charge in [0.25, 0.3) is 0 Å². The summed E-state index contributed by atoms with van der Waals surface area (Å²) in [6.45, 7) is 4.87. The highest BCUT2D eigenvalue weighted by atomic mass is 16.4. The van der Waals surface area contributed by atoms with Gasteiger partial charge < -0.3 is 10.0 Å². The lowest BCUT2D eigenvalue weighted by Gasteiger charge is -2.21. The number of hydrogen-bond donors (Lipinski definition) is 1. The summed E-state index contributed by atoms with van der Waals surface area (Å²) >= 11 is 0. The van der Waals surface area contributed by atoms with Crippen LogP contribution in [0.25, 0.3) is 0 Å². The maximum Gasteiger partial charge on any atom is 0.307 e. The maximum absolute atomic E-state index is 12.2. The van der Waals surface area contributed by atoms with E-state index in [9.17, 15) is 9.59 Å². The van der Waals surface area contributed by atoms with Crippen LogP contribution in [0.15, 0.2) is 24.3 Å². The Bertz CT molecular complexity index is 640. The molecule has 4 heteroatoms. The average Bonchev–Trinajstić information content (AvgIpc) is 2.92. The van der Waals surface area contributed by atoms with E-state index in [1.54, 1.807) is 12.1 Å². The quantitative estimate of drug-likeness (QED) is 0.870. The minimum atomic E-state index is -0.851. The molecule has 1 amide bonds. The summed E-state index contributed by atoms with van der Waals surface area (Å²) in [7, 11) is 0. The number of carbonyl (C=O) groups excluding carboxylic acids is 1. The van der Waals surface area contributed by atoms with Crippen LogP contribution in [0, 0.1) is 17.8 Å². The fraction of sp³-hybridized carbons (Fsp3) is 0.474. The van der Waals surface area contributed by atoms with Crippen molar-refractivity contribution in [3.8, 4) is 11.8 Å². The van der Waals surface area contributed by atoms with E-state index in [-0.39, 0.29) is 18.4 Å². The molecule has 0 saturated carbocycles. The van der Waals surface area contributed by atoms with Crippen molar-refractivity contribution in [2.24, 2.45) is 5.92 Å². The van der Waals surface area contributed by atoms with Crippen molar-refractivity contribution in [2.45, 2.75) is 45.6 Å². The lowest BCUT2D eigenvalue weighted by atomic mass is 10.1. The second-order valence-electron chi connectivity index (χ2n) is 6.38. The Morgan fingerprint density at radius 2 is 2.17 bits per heavy atom. The molecule has 1 aromatic rings. The topological polar surface area (TPSA) is 57.6 Å².